The van der Waals surface area contributed by atoms with Gasteiger partial charge in [-0.2, -0.15) is 5.10 Å². The number of amides is 1. The number of halogens is 1. The summed E-state index contributed by atoms with van der Waals surface area (Å²) in [5.41, 5.74) is 3.59. The Hall–Kier alpha value is -3.04. The third-order valence-corrected chi connectivity index (χ3v) is 6.32. The van der Waals surface area contributed by atoms with Gasteiger partial charge in [0.1, 0.15) is 11.4 Å². The third kappa shape index (κ3) is 3.61. The van der Waals surface area contributed by atoms with E-state index in [0.29, 0.717) is 22.8 Å². The van der Waals surface area contributed by atoms with Gasteiger partial charge >= 0.3 is 0 Å². The zero-order valence-corrected chi connectivity index (χ0v) is 17.7. The summed E-state index contributed by atoms with van der Waals surface area (Å²) in [6, 6.07) is 9.62. The predicted octanol–water partition coefficient (Wildman–Crippen LogP) is 4.07. The highest BCUT2D eigenvalue weighted by atomic mass is 35.5. The number of nitro groups is 1. The summed E-state index contributed by atoms with van der Waals surface area (Å²) < 4.78 is 13.7. The van der Waals surface area contributed by atoms with Gasteiger partial charge in [0, 0.05) is 27.5 Å². The fourth-order valence-corrected chi connectivity index (χ4v) is 4.93. The molecule has 0 bridgehead atoms. The number of anilines is 1. The highest BCUT2D eigenvalue weighted by molar-refractivity contribution is 7.83. The first kappa shape index (κ1) is 20.2. The van der Waals surface area contributed by atoms with Crippen LogP contribution in [-0.4, -0.2) is 24.8 Å². The standard InChI is InChI=1S/C20H17ClN4O4S/c1-11-3-5-17(12(2)7-11)24-19(15-9-30(29)10-16(15)23-24)22-20(26)14-8-13(21)4-6-18(14)25(27)28/h3-8H,9-10H2,1-2H3,(H,22,26). The summed E-state index contributed by atoms with van der Waals surface area (Å²) in [5, 5.41) is 18.9. The molecule has 1 aromatic heterocycles. The van der Waals surface area contributed by atoms with Crippen LogP contribution in [0.25, 0.3) is 5.69 Å². The van der Waals surface area contributed by atoms with Crippen LogP contribution in [0, 0.1) is 24.0 Å². The molecular formula is C20H17ClN4O4S. The lowest BCUT2D eigenvalue weighted by Crippen LogP contribution is -2.18. The molecular weight excluding hydrogens is 428 g/mol. The van der Waals surface area contributed by atoms with E-state index in [-0.39, 0.29) is 22.0 Å². The van der Waals surface area contributed by atoms with Gasteiger partial charge in [-0.05, 0) is 37.6 Å². The quantitative estimate of drug-likeness (QED) is 0.482. The van der Waals surface area contributed by atoms with Gasteiger partial charge in [-0.25, -0.2) is 4.68 Å². The van der Waals surface area contributed by atoms with Crippen LogP contribution in [0.2, 0.25) is 5.02 Å². The first-order chi connectivity index (χ1) is 14.2. The number of hydrogen-bond acceptors (Lipinski definition) is 5. The zero-order valence-electron chi connectivity index (χ0n) is 16.1. The molecule has 1 atom stereocenters. The van der Waals surface area contributed by atoms with Gasteiger partial charge in [-0.15, -0.1) is 0 Å². The van der Waals surface area contributed by atoms with Crippen molar-refractivity contribution in [2.45, 2.75) is 25.4 Å². The lowest BCUT2D eigenvalue weighted by atomic mass is 10.1. The average Bonchev–Trinajstić information content (AvgIpc) is 3.18. The van der Waals surface area contributed by atoms with E-state index >= 15 is 0 Å². The normalized spacial score (nSPS) is 15.1. The Morgan fingerprint density at radius 3 is 2.70 bits per heavy atom. The van der Waals surface area contributed by atoms with Crippen molar-refractivity contribution in [3.63, 3.8) is 0 Å². The molecule has 10 heteroatoms. The van der Waals surface area contributed by atoms with Gasteiger partial charge < -0.3 is 5.32 Å². The van der Waals surface area contributed by atoms with E-state index in [4.69, 9.17) is 11.6 Å². The molecule has 1 aliphatic heterocycles. The first-order valence-corrected chi connectivity index (χ1v) is 10.9. The van der Waals surface area contributed by atoms with Gasteiger partial charge in [-0.3, -0.25) is 19.1 Å². The van der Waals surface area contributed by atoms with Crippen molar-refractivity contribution in [2.75, 3.05) is 5.32 Å². The fourth-order valence-electron chi connectivity index (χ4n) is 3.50. The number of benzene rings is 2. The van der Waals surface area contributed by atoms with Crippen LogP contribution in [-0.2, 0) is 22.3 Å². The second kappa shape index (κ2) is 7.66. The number of nitro benzene ring substituents is 1. The second-order valence-corrected chi connectivity index (χ2v) is 8.97. The van der Waals surface area contributed by atoms with Crippen LogP contribution in [0.1, 0.15) is 32.7 Å². The van der Waals surface area contributed by atoms with E-state index in [1.807, 2.05) is 32.0 Å². The largest absolute Gasteiger partial charge is 0.306 e. The summed E-state index contributed by atoms with van der Waals surface area (Å²) in [6.07, 6.45) is 0. The Bertz CT molecular complexity index is 1240. The number of fused-ring (bicyclic) bond motifs is 1. The summed E-state index contributed by atoms with van der Waals surface area (Å²) in [7, 11) is -1.10. The highest BCUT2D eigenvalue weighted by Gasteiger charge is 2.30. The molecule has 154 valence electrons. The predicted molar refractivity (Wildman–Crippen MR) is 115 cm³/mol. The number of carbonyl (C=O) groups excluding carboxylic acids is 1. The molecule has 1 amide bonds. The van der Waals surface area contributed by atoms with E-state index in [2.05, 4.69) is 10.4 Å². The third-order valence-electron chi connectivity index (χ3n) is 4.88. The average molecular weight is 445 g/mol. The second-order valence-electron chi connectivity index (χ2n) is 7.08. The summed E-state index contributed by atoms with van der Waals surface area (Å²) >= 11 is 5.96. The number of aryl methyl sites for hydroxylation is 2. The molecule has 2 aromatic carbocycles. The molecule has 4 rings (SSSR count). The van der Waals surface area contributed by atoms with Crippen LogP contribution < -0.4 is 5.32 Å². The van der Waals surface area contributed by atoms with Crippen LogP contribution in [0.4, 0.5) is 11.5 Å². The van der Waals surface area contributed by atoms with E-state index in [1.165, 1.54) is 18.2 Å². The lowest BCUT2D eigenvalue weighted by molar-refractivity contribution is -0.385. The molecule has 2 heterocycles. The number of rotatable bonds is 4. The molecule has 0 saturated carbocycles. The van der Waals surface area contributed by atoms with Crippen molar-refractivity contribution in [2.24, 2.45) is 0 Å². The van der Waals surface area contributed by atoms with Crippen LogP contribution in [0.3, 0.4) is 0 Å². The SMILES string of the molecule is Cc1ccc(-n2nc3c(c2NC(=O)c2cc(Cl)ccc2[N+](=O)[O-])CS(=O)C3)c(C)c1. The Kier molecular flexibility index (Phi) is 5.17. The number of nitrogens with one attached hydrogen (secondary N) is 1. The number of carbonyl (C=O) groups is 1. The van der Waals surface area contributed by atoms with Gasteiger partial charge in [0.15, 0.2) is 0 Å². The number of hydrogen-bond donors (Lipinski definition) is 1. The topological polar surface area (TPSA) is 107 Å². The van der Waals surface area contributed by atoms with Crippen LogP contribution >= 0.6 is 11.6 Å². The molecule has 1 aliphatic rings. The summed E-state index contributed by atoms with van der Waals surface area (Å²) in [4.78, 5) is 23.7. The molecule has 30 heavy (non-hydrogen) atoms. The Morgan fingerprint density at radius 1 is 1.23 bits per heavy atom. The smallest absolute Gasteiger partial charge is 0.282 e. The van der Waals surface area contributed by atoms with Crippen LogP contribution in [0.5, 0.6) is 0 Å². The molecule has 0 saturated heterocycles. The molecule has 0 fully saturated rings. The summed E-state index contributed by atoms with van der Waals surface area (Å²) in [6.45, 7) is 3.91. The molecule has 0 radical (unpaired) electrons. The maximum absolute atomic E-state index is 13.0. The molecule has 1 unspecified atom stereocenters. The van der Waals surface area contributed by atoms with Crippen LogP contribution in [0.15, 0.2) is 36.4 Å². The van der Waals surface area contributed by atoms with E-state index in [9.17, 15) is 19.1 Å². The fraction of sp³-hybridized carbons (Fsp3) is 0.200. The molecule has 1 N–H and O–H groups in total. The van der Waals surface area contributed by atoms with Crippen molar-refractivity contribution in [1.29, 1.82) is 0 Å². The number of nitrogens with zero attached hydrogens (tertiary/aromatic N) is 3. The van der Waals surface area contributed by atoms with Gasteiger partial charge in [0.05, 0.1) is 27.8 Å². The first-order valence-electron chi connectivity index (χ1n) is 9.03. The van der Waals surface area contributed by atoms with Crippen molar-refractivity contribution in [1.82, 2.24) is 9.78 Å². The van der Waals surface area contributed by atoms with Gasteiger partial charge in [0.2, 0.25) is 0 Å². The minimum absolute atomic E-state index is 0.159. The van der Waals surface area contributed by atoms with Crippen molar-refractivity contribution in [3.05, 3.63) is 79.5 Å². The van der Waals surface area contributed by atoms with Crippen molar-refractivity contribution < 1.29 is 13.9 Å². The maximum atomic E-state index is 13.0. The van der Waals surface area contributed by atoms with Gasteiger partial charge in [0.25, 0.3) is 11.6 Å². The Balaban J connectivity index is 1.82. The molecule has 3 aromatic rings. The van der Waals surface area contributed by atoms with E-state index in [1.54, 1.807) is 4.68 Å². The molecule has 0 spiro atoms. The highest BCUT2D eigenvalue weighted by Crippen LogP contribution is 2.33. The molecule has 0 aliphatic carbocycles. The molecule has 8 nitrogen and oxygen atoms in total. The van der Waals surface area contributed by atoms with E-state index < -0.39 is 21.6 Å². The Labute approximate surface area is 179 Å². The zero-order chi connectivity index (χ0) is 21.6. The van der Waals surface area contributed by atoms with E-state index in [0.717, 1.165) is 16.8 Å². The lowest BCUT2D eigenvalue weighted by Gasteiger charge is -2.13. The van der Waals surface area contributed by atoms with Crippen molar-refractivity contribution >= 4 is 39.8 Å². The van der Waals surface area contributed by atoms with Gasteiger partial charge in [-0.1, -0.05) is 29.3 Å². The Morgan fingerprint density at radius 2 is 2.00 bits per heavy atom. The summed E-state index contributed by atoms with van der Waals surface area (Å²) in [5.74, 6) is 0.235. The maximum Gasteiger partial charge on any atom is 0.282 e. The monoisotopic (exact) mass is 444 g/mol. The number of aromatic nitrogens is 2. The van der Waals surface area contributed by atoms with Crippen molar-refractivity contribution in [3.8, 4) is 5.69 Å². The minimum atomic E-state index is -1.10. The minimum Gasteiger partial charge on any atom is -0.306 e.